The zero-order chi connectivity index (χ0) is 16.1. The minimum absolute atomic E-state index is 0.137. The van der Waals surface area contributed by atoms with Crippen LogP contribution >= 0.6 is 0 Å². The van der Waals surface area contributed by atoms with Gasteiger partial charge in [0.2, 0.25) is 5.91 Å². The largest absolute Gasteiger partial charge is 0.389 e. The number of benzene rings is 1. The summed E-state index contributed by atoms with van der Waals surface area (Å²) in [6.45, 7) is 5.47. The number of hydrogen-bond donors (Lipinski definition) is 1. The molecule has 0 aromatic heterocycles. The zero-order valence-corrected chi connectivity index (χ0v) is 13.3. The van der Waals surface area contributed by atoms with E-state index in [-0.39, 0.29) is 11.4 Å². The van der Waals surface area contributed by atoms with Crippen LogP contribution in [0, 0.1) is 0 Å². The minimum atomic E-state index is -3.63. The molecule has 1 aromatic carbocycles. The van der Waals surface area contributed by atoms with Gasteiger partial charge < -0.3 is 10.0 Å². The summed E-state index contributed by atoms with van der Waals surface area (Å²) in [6.07, 6.45) is 1.03. The highest BCUT2D eigenvalue weighted by atomic mass is 32.2. The number of amides is 1. The molecule has 0 atom stereocenters. The van der Waals surface area contributed by atoms with Crippen LogP contribution in [0.15, 0.2) is 46.7 Å². The molecule has 0 saturated heterocycles. The molecule has 0 aliphatic rings. The molecule has 5 nitrogen and oxygen atoms in total. The molecule has 0 aliphatic carbocycles. The van der Waals surface area contributed by atoms with Gasteiger partial charge in [-0.25, -0.2) is 8.42 Å². The van der Waals surface area contributed by atoms with Crippen molar-refractivity contribution in [1.82, 2.24) is 4.90 Å². The van der Waals surface area contributed by atoms with Crippen molar-refractivity contribution in [2.45, 2.75) is 31.3 Å². The first-order chi connectivity index (χ1) is 9.65. The number of rotatable bonds is 6. The molecule has 1 aromatic rings. The number of carbonyl (C=O) groups excluding carboxylic acids is 1. The van der Waals surface area contributed by atoms with E-state index in [1.165, 1.54) is 17.0 Å². The third-order valence-corrected chi connectivity index (χ3v) is 4.16. The highest BCUT2D eigenvalue weighted by Crippen LogP contribution is 2.12. The van der Waals surface area contributed by atoms with E-state index < -0.39 is 21.3 Å². The fourth-order valence-corrected chi connectivity index (χ4v) is 2.74. The molecular weight excluding hydrogens is 290 g/mol. The van der Waals surface area contributed by atoms with Crippen LogP contribution in [0.3, 0.4) is 0 Å². The van der Waals surface area contributed by atoms with Gasteiger partial charge in [-0.05, 0) is 32.9 Å². The molecular formula is C15H21NO4S. The van der Waals surface area contributed by atoms with Crippen LogP contribution in [0.4, 0.5) is 0 Å². The van der Waals surface area contributed by atoms with Crippen molar-refractivity contribution < 1.29 is 18.3 Å². The lowest BCUT2D eigenvalue weighted by Crippen LogP contribution is -2.41. The van der Waals surface area contributed by atoms with Gasteiger partial charge in [0.05, 0.1) is 10.5 Å². The maximum Gasteiger partial charge on any atom is 0.247 e. The summed E-state index contributed by atoms with van der Waals surface area (Å²) in [4.78, 5) is 13.5. The van der Waals surface area contributed by atoms with Crippen molar-refractivity contribution in [3.05, 3.63) is 41.8 Å². The molecule has 21 heavy (non-hydrogen) atoms. The summed E-state index contributed by atoms with van der Waals surface area (Å²) in [6, 6.07) is 7.90. The van der Waals surface area contributed by atoms with Crippen molar-refractivity contribution in [3.8, 4) is 0 Å². The van der Waals surface area contributed by atoms with Gasteiger partial charge in [-0.1, -0.05) is 18.2 Å². The molecule has 116 valence electrons. The quantitative estimate of drug-likeness (QED) is 0.810. The second-order valence-corrected chi connectivity index (χ2v) is 7.16. The van der Waals surface area contributed by atoms with Gasteiger partial charge in [0, 0.05) is 24.6 Å². The van der Waals surface area contributed by atoms with Crippen LogP contribution in [0.5, 0.6) is 0 Å². The fourth-order valence-electron chi connectivity index (χ4n) is 1.75. The highest BCUT2D eigenvalue weighted by Gasteiger charge is 2.20. The normalized spacial score (nSPS) is 12.6. The van der Waals surface area contributed by atoms with Crippen molar-refractivity contribution in [1.29, 1.82) is 0 Å². The molecule has 1 rings (SSSR count). The second-order valence-electron chi connectivity index (χ2n) is 5.33. The molecule has 0 unspecified atom stereocenters. The maximum absolute atomic E-state index is 12.0. The standard InChI is InChI=1S/C15H21NO4S/c1-4-16(12-15(2,3)18)14(17)10-11-21(19,20)13-8-6-5-7-9-13/h5-11,18H,4,12H2,1-3H3. The Morgan fingerprint density at radius 1 is 1.29 bits per heavy atom. The van der Waals surface area contributed by atoms with E-state index in [4.69, 9.17) is 0 Å². The fraction of sp³-hybridized carbons (Fsp3) is 0.400. The lowest BCUT2D eigenvalue weighted by molar-refractivity contribution is -0.128. The molecule has 0 fully saturated rings. The van der Waals surface area contributed by atoms with Gasteiger partial charge >= 0.3 is 0 Å². The Kier molecular flexibility index (Phi) is 5.69. The number of nitrogens with zero attached hydrogens (tertiary/aromatic N) is 1. The van der Waals surface area contributed by atoms with Gasteiger partial charge in [0.1, 0.15) is 0 Å². The lowest BCUT2D eigenvalue weighted by Gasteiger charge is -2.27. The zero-order valence-electron chi connectivity index (χ0n) is 12.5. The Bertz CT molecular complexity index is 600. The third kappa shape index (κ3) is 5.69. The SMILES string of the molecule is CCN(CC(C)(C)O)C(=O)C=CS(=O)(=O)c1ccccc1. The van der Waals surface area contributed by atoms with Crippen molar-refractivity contribution in [3.63, 3.8) is 0 Å². The van der Waals surface area contributed by atoms with E-state index in [2.05, 4.69) is 0 Å². The average Bonchev–Trinajstić information content (AvgIpc) is 2.42. The third-order valence-electron chi connectivity index (χ3n) is 2.73. The van der Waals surface area contributed by atoms with Crippen LogP contribution in [0.1, 0.15) is 20.8 Å². The van der Waals surface area contributed by atoms with E-state index in [1.54, 1.807) is 39.0 Å². The van der Waals surface area contributed by atoms with Gasteiger partial charge in [-0.2, -0.15) is 0 Å². The van der Waals surface area contributed by atoms with E-state index >= 15 is 0 Å². The summed E-state index contributed by atoms with van der Waals surface area (Å²) in [7, 11) is -3.63. The summed E-state index contributed by atoms with van der Waals surface area (Å²) in [5.41, 5.74) is -1.03. The second kappa shape index (κ2) is 6.87. The van der Waals surface area contributed by atoms with E-state index in [1.807, 2.05) is 0 Å². The number of likely N-dealkylation sites (N-methyl/N-ethyl adjacent to an activating group) is 1. The Labute approximate surface area is 125 Å². The molecule has 0 bridgehead atoms. The Morgan fingerprint density at radius 3 is 2.33 bits per heavy atom. The monoisotopic (exact) mass is 311 g/mol. The van der Waals surface area contributed by atoms with Crippen LogP contribution < -0.4 is 0 Å². The van der Waals surface area contributed by atoms with Gasteiger partial charge in [0.25, 0.3) is 0 Å². The number of carbonyl (C=O) groups is 1. The minimum Gasteiger partial charge on any atom is -0.389 e. The first kappa shape index (κ1) is 17.4. The van der Waals surface area contributed by atoms with Gasteiger partial charge in [-0.15, -0.1) is 0 Å². The smallest absolute Gasteiger partial charge is 0.247 e. The topological polar surface area (TPSA) is 74.7 Å². The predicted molar refractivity (Wildman–Crippen MR) is 81.3 cm³/mol. The molecule has 6 heteroatoms. The first-order valence-corrected chi connectivity index (χ1v) is 8.20. The summed E-state index contributed by atoms with van der Waals surface area (Å²) in [5, 5.41) is 10.6. The summed E-state index contributed by atoms with van der Waals surface area (Å²) < 4.78 is 24.1. The Morgan fingerprint density at radius 2 is 1.86 bits per heavy atom. The lowest BCUT2D eigenvalue weighted by atomic mass is 10.1. The van der Waals surface area contributed by atoms with Crippen LogP contribution in [0.2, 0.25) is 0 Å². The first-order valence-electron chi connectivity index (χ1n) is 6.65. The van der Waals surface area contributed by atoms with E-state index in [9.17, 15) is 18.3 Å². The Hall–Kier alpha value is -1.66. The average molecular weight is 311 g/mol. The van der Waals surface area contributed by atoms with E-state index in [0.717, 1.165) is 11.5 Å². The van der Waals surface area contributed by atoms with E-state index in [0.29, 0.717) is 6.54 Å². The molecule has 0 saturated carbocycles. The van der Waals surface area contributed by atoms with Crippen molar-refractivity contribution >= 4 is 15.7 Å². The molecule has 0 radical (unpaired) electrons. The van der Waals surface area contributed by atoms with Crippen molar-refractivity contribution in [2.75, 3.05) is 13.1 Å². The summed E-state index contributed by atoms with van der Waals surface area (Å²) in [5.74, 6) is -0.445. The van der Waals surface area contributed by atoms with Gasteiger partial charge in [-0.3, -0.25) is 4.79 Å². The summed E-state index contributed by atoms with van der Waals surface area (Å²) >= 11 is 0. The molecule has 0 aliphatic heterocycles. The van der Waals surface area contributed by atoms with Gasteiger partial charge in [0.15, 0.2) is 9.84 Å². The maximum atomic E-state index is 12.0. The number of hydrogen-bond acceptors (Lipinski definition) is 4. The van der Waals surface area contributed by atoms with Crippen LogP contribution in [-0.4, -0.2) is 43.0 Å². The van der Waals surface area contributed by atoms with Crippen LogP contribution in [0.25, 0.3) is 0 Å². The molecule has 0 spiro atoms. The predicted octanol–water partition coefficient (Wildman–Crippen LogP) is 1.59. The van der Waals surface area contributed by atoms with Crippen LogP contribution in [-0.2, 0) is 14.6 Å². The molecule has 0 heterocycles. The highest BCUT2D eigenvalue weighted by molar-refractivity contribution is 7.94. The van der Waals surface area contributed by atoms with Crippen molar-refractivity contribution in [2.24, 2.45) is 0 Å². The molecule has 1 N–H and O–H groups in total. The molecule has 1 amide bonds. The Balaban J connectivity index is 2.86. The number of sulfone groups is 1. The number of aliphatic hydroxyl groups is 1.